The summed E-state index contributed by atoms with van der Waals surface area (Å²) in [5.74, 6) is -1.05. The number of methoxy groups -OCH3 is 1. The van der Waals surface area contributed by atoms with Crippen molar-refractivity contribution < 1.29 is 14.3 Å². The van der Waals surface area contributed by atoms with Crippen molar-refractivity contribution in [1.29, 1.82) is 0 Å². The van der Waals surface area contributed by atoms with Crippen LogP contribution in [0.1, 0.15) is 26.3 Å². The molecule has 7 heteroatoms. The number of aryl methyl sites for hydroxylation is 2. The number of hydrogen-bond donors (Lipinski definition) is 1. The average molecular weight is 335 g/mol. The summed E-state index contributed by atoms with van der Waals surface area (Å²) in [5.41, 5.74) is 1.21. The summed E-state index contributed by atoms with van der Waals surface area (Å²) >= 11 is 5.92. The standard InChI is InChI=1S/C16H15ClN2O4/c1-9-6-11(8-19(2)15(9)21)18-14(20)10-4-5-13(17)12(7-10)16(22)23-3/h4-8H,1-3H3,(H,18,20). The smallest absolute Gasteiger partial charge is 0.339 e. The molecule has 1 aromatic carbocycles. The molecule has 0 saturated heterocycles. The van der Waals surface area contributed by atoms with E-state index in [9.17, 15) is 14.4 Å². The molecule has 1 heterocycles. The number of nitrogens with zero attached hydrogens (tertiary/aromatic N) is 1. The first-order valence-electron chi connectivity index (χ1n) is 6.70. The van der Waals surface area contributed by atoms with Crippen LogP contribution in [0.15, 0.2) is 35.3 Å². The highest BCUT2D eigenvalue weighted by Gasteiger charge is 2.15. The Morgan fingerprint density at radius 2 is 1.96 bits per heavy atom. The number of ether oxygens (including phenoxy) is 1. The van der Waals surface area contributed by atoms with Crippen molar-refractivity contribution in [2.45, 2.75) is 6.92 Å². The molecule has 1 aromatic heterocycles. The fraction of sp³-hybridized carbons (Fsp3) is 0.188. The molecule has 0 fully saturated rings. The zero-order valence-corrected chi connectivity index (χ0v) is 13.6. The lowest BCUT2D eigenvalue weighted by Crippen LogP contribution is -2.21. The Labute approximate surface area is 137 Å². The lowest BCUT2D eigenvalue weighted by Gasteiger charge is -2.09. The molecular formula is C16H15ClN2O4. The molecule has 0 spiro atoms. The van der Waals surface area contributed by atoms with Gasteiger partial charge < -0.3 is 14.6 Å². The Morgan fingerprint density at radius 3 is 2.57 bits per heavy atom. The zero-order chi connectivity index (χ0) is 17.1. The molecule has 0 aliphatic carbocycles. The van der Waals surface area contributed by atoms with E-state index < -0.39 is 11.9 Å². The van der Waals surface area contributed by atoms with Gasteiger partial charge in [0, 0.05) is 24.4 Å². The van der Waals surface area contributed by atoms with E-state index in [1.807, 2.05) is 0 Å². The van der Waals surface area contributed by atoms with E-state index in [1.54, 1.807) is 20.0 Å². The molecule has 1 N–H and O–H groups in total. The first-order chi connectivity index (χ1) is 10.8. The minimum Gasteiger partial charge on any atom is -0.465 e. The number of nitrogens with one attached hydrogen (secondary N) is 1. The van der Waals surface area contributed by atoms with Crippen molar-refractivity contribution in [3.05, 3.63) is 62.5 Å². The topological polar surface area (TPSA) is 77.4 Å². The predicted octanol–water partition coefficient (Wildman–Crippen LogP) is 2.39. The zero-order valence-electron chi connectivity index (χ0n) is 12.8. The fourth-order valence-corrected chi connectivity index (χ4v) is 2.28. The molecule has 2 rings (SSSR count). The van der Waals surface area contributed by atoms with Gasteiger partial charge >= 0.3 is 5.97 Å². The first-order valence-corrected chi connectivity index (χ1v) is 7.07. The van der Waals surface area contributed by atoms with Crippen molar-refractivity contribution in [3.63, 3.8) is 0 Å². The molecule has 1 amide bonds. The number of pyridine rings is 1. The van der Waals surface area contributed by atoms with E-state index in [2.05, 4.69) is 10.1 Å². The minimum absolute atomic E-state index is 0.110. The largest absolute Gasteiger partial charge is 0.465 e. The lowest BCUT2D eigenvalue weighted by atomic mass is 10.1. The summed E-state index contributed by atoms with van der Waals surface area (Å²) in [7, 11) is 2.83. The second kappa shape index (κ2) is 6.66. The van der Waals surface area contributed by atoms with Crippen LogP contribution in [-0.4, -0.2) is 23.6 Å². The van der Waals surface area contributed by atoms with Crippen LogP contribution >= 0.6 is 11.6 Å². The normalized spacial score (nSPS) is 10.3. The number of amides is 1. The highest BCUT2D eigenvalue weighted by atomic mass is 35.5. The average Bonchev–Trinajstić information content (AvgIpc) is 2.52. The van der Waals surface area contributed by atoms with Gasteiger partial charge in [-0.25, -0.2) is 4.79 Å². The van der Waals surface area contributed by atoms with Crippen LogP contribution in [0.2, 0.25) is 5.02 Å². The highest BCUT2D eigenvalue weighted by Crippen LogP contribution is 2.19. The van der Waals surface area contributed by atoms with Crippen LogP contribution in [0, 0.1) is 6.92 Å². The van der Waals surface area contributed by atoms with Gasteiger partial charge in [0.05, 0.1) is 23.4 Å². The quantitative estimate of drug-likeness (QED) is 0.874. The monoisotopic (exact) mass is 334 g/mol. The van der Waals surface area contributed by atoms with Crippen LogP contribution < -0.4 is 10.9 Å². The number of aromatic nitrogens is 1. The summed E-state index contributed by atoms with van der Waals surface area (Å²) in [6, 6.07) is 5.89. The second-order valence-corrected chi connectivity index (χ2v) is 5.38. The van der Waals surface area contributed by atoms with E-state index in [4.69, 9.17) is 11.6 Å². The van der Waals surface area contributed by atoms with Crippen LogP contribution in [0.4, 0.5) is 5.69 Å². The fourth-order valence-electron chi connectivity index (χ4n) is 2.08. The summed E-state index contributed by atoms with van der Waals surface area (Å²) < 4.78 is 6.00. The third-order valence-electron chi connectivity index (χ3n) is 3.25. The maximum atomic E-state index is 12.3. The molecule has 23 heavy (non-hydrogen) atoms. The lowest BCUT2D eigenvalue weighted by molar-refractivity contribution is 0.0601. The molecule has 2 aromatic rings. The predicted molar refractivity (Wildman–Crippen MR) is 87.2 cm³/mol. The maximum Gasteiger partial charge on any atom is 0.339 e. The van der Waals surface area contributed by atoms with Crippen molar-refractivity contribution >= 4 is 29.2 Å². The molecule has 0 aliphatic heterocycles. The number of benzene rings is 1. The third-order valence-corrected chi connectivity index (χ3v) is 3.58. The van der Waals surface area contributed by atoms with Crippen molar-refractivity contribution in [3.8, 4) is 0 Å². The number of carbonyl (C=O) groups is 2. The highest BCUT2D eigenvalue weighted by molar-refractivity contribution is 6.33. The van der Waals surface area contributed by atoms with Gasteiger partial charge in [-0.3, -0.25) is 9.59 Å². The van der Waals surface area contributed by atoms with Crippen LogP contribution in [-0.2, 0) is 11.8 Å². The Bertz CT molecular complexity index is 816. The van der Waals surface area contributed by atoms with Gasteiger partial charge in [-0.05, 0) is 31.2 Å². The minimum atomic E-state index is -0.623. The molecule has 0 saturated carbocycles. The Hall–Kier alpha value is -2.60. The molecule has 0 radical (unpaired) electrons. The Balaban J connectivity index is 2.31. The van der Waals surface area contributed by atoms with Crippen molar-refractivity contribution in [2.75, 3.05) is 12.4 Å². The van der Waals surface area contributed by atoms with Gasteiger partial charge in [-0.2, -0.15) is 0 Å². The first kappa shape index (κ1) is 16.8. The van der Waals surface area contributed by atoms with E-state index >= 15 is 0 Å². The van der Waals surface area contributed by atoms with Gasteiger partial charge in [0.2, 0.25) is 0 Å². The van der Waals surface area contributed by atoms with Gasteiger partial charge in [0.15, 0.2) is 0 Å². The number of rotatable bonds is 3. The maximum absolute atomic E-state index is 12.3. The second-order valence-electron chi connectivity index (χ2n) is 4.97. The number of carbonyl (C=O) groups excluding carboxylic acids is 2. The van der Waals surface area contributed by atoms with Crippen LogP contribution in [0.5, 0.6) is 0 Å². The number of esters is 1. The SMILES string of the molecule is COC(=O)c1cc(C(=O)Nc2cc(C)c(=O)n(C)c2)ccc1Cl. The number of anilines is 1. The number of hydrogen-bond acceptors (Lipinski definition) is 4. The molecule has 120 valence electrons. The Morgan fingerprint density at radius 1 is 1.26 bits per heavy atom. The van der Waals surface area contributed by atoms with Crippen LogP contribution in [0.3, 0.4) is 0 Å². The molecular weight excluding hydrogens is 320 g/mol. The molecule has 0 atom stereocenters. The van der Waals surface area contributed by atoms with Crippen molar-refractivity contribution in [1.82, 2.24) is 4.57 Å². The summed E-state index contributed by atoms with van der Waals surface area (Å²) in [6.45, 7) is 1.66. The van der Waals surface area contributed by atoms with Crippen LogP contribution in [0.25, 0.3) is 0 Å². The Kier molecular flexibility index (Phi) is 4.86. The number of halogens is 1. The molecule has 0 unspecified atom stereocenters. The molecule has 0 aliphatic rings. The van der Waals surface area contributed by atoms with E-state index in [0.29, 0.717) is 11.3 Å². The summed E-state index contributed by atoms with van der Waals surface area (Å²) in [6.07, 6.45) is 1.52. The summed E-state index contributed by atoms with van der Waals surface area (Å²) in [4.78, 5) is 35.6. The molecule has 0 bridgehead atoms. The van der Waals surface area contributed by atoms with Crippen molar-refractivity contribution in [2.24, 2.45) is 7.05 Å². The summed E-state index contributed by atoms with van der Waals surface area (Å²) in [5, 5.41) is 2.88. The van der Waals surface area contributed by atoms with E-state index in [-0.39, 0.29) is 21.7 Å². The van der Waals surface area contributed by atoms with E-state index in [1.165, 1.54) is 36.1 Å². The van der Waals surface area contributed by atoms with Gasteiger partial charge in [-0.1, -0.05) is 11.6 Å². The van der Waals surface area contributed by atoms with Gasteiger partial charge in [0.25, 0.3) is 11.5 Å². The third kappa shape index (κ3) is 3.60. The van der Waals surface area contributed by atoms with E-state index in [0.717, 1.165) is 0 Å². The molecule has 6 nitrogen and oxygen atoms in total. The van der Waals surface area contributed by atoms with Gasteiger partial charge in [-0.15, -0.1) is 0 Å². The van der Waals surface area contributed by atoms with Gasteiger partial charge in [0.1, 0.15) is 0 Å².